The first-order valence-electron chi connectivity index (χ1n) is 5.08. The Morgan fingerprint density at radius 2 is 2.06 bits per heavy atom. The lowest BCUT2D eigenvalue weighted by Crippen LogP contribution is -2.13. The van der Waals surface area contributed by atoms with Crippen molar-refractivity contribution in [1.29, 1.82) is 5.26 Å². The number of amides is 1. The number of nitrogens with two attached hydrogens (primary N) is 1. The summed E-state index contributed by atoms with van der Waals surface area (Å²) in [6.07, 6.45) is 2.80. The van der Waals surface area contributed by atoms with E-state index >= 15 is 0 Å². The van der Waals surface area contributed by atoms with Crippen LogP contribution in [0.3, 0.4) is 0 Å². The number of nitrogens with zero attached hydrogens (tertiary/aromatic N) is 3. The summed E-state index contributed by atoms with van der Waals surface area (Å²) in [5.74, 6) is 0.00978. The molecule has 0 bridgehead atoms. The van der Waals surface area contributed by atoms with Crippen molar-refractivity contribution in [2.75, 3.05) is 11.1 Å². The minimum Gasteiger partial charge on any atom is -0.384 e. The number of nitrogens with one attached hydrogen (secondary N) is 1. The molecule has 88 valence electrons. The molecule has 0 saturated heterocycles. The number of anilines is 2. The number of hydrogen-bond acceptors (Lipinski definition) is 5. The number of carbonyl (C=O) groups is 1. The van der Waals surface area contributed by atoms with Gasteiger partial charge in [-0.2, -0.15) is 5.26 Å². The van der Waals surface area contributed by atoms with E-state index in [2.05, 4.69) is 15.3 Å². The Kier molecular flexibility index (Phi) is 3.16. The highest BCUT2D eigenvalue weighted by Gasteiger charge is 2.07. The first-order chi connectivity index (χ1) is 8.69. The normalized spacial score (nSPS) is 9.50. The van der Waals surface area contributed by atoms with Crippen molar-refractivity contribution in [2.24, 2.45) is 0 Å². The van der Waals surface area contributed by atoms with Gasteiger partial charge in [0.05, 0.1) is 17.4 Å². The average molecular weight is 239 g/mol. The highest BCUT2D eigenvalue weighted by Crippen LogP contribution is 2.08. The highest BCUT2D eigenvalue weighted by molar-refractivity contribution is 6.02. The SMILES string of the molecule is N#Cc1ccc(C(=O)Nc2ccc(N)nc2)nc1. The van der Waals surface area contributed by atoms with E-state index in [9.17, 15) is 4.79 Å². The van der Waals surface area contributed by atoms with Gasteiger partial charge in [0.25, 0.3) is 5.91 Å². The summed E-state index contributed by atoms with van der Waals surface area (Å²) >= 11 is 0. The first kappa shape index (κ1) is 11.5. The van der Waals surface area contributed by atoms with E-state index in [1.807, 2.05) is 6.07 Å². The Bertz CT molecular complexity index is 598. The van der Waals surface area contributed by atoms with Gasteiger partial charge < -0.3 is 11.1 Å². The minimum atomic E-state index is -0.369. The Morgan fingerprint density at radius 1 is 1.22 bits per heavy atom. The fourth-order valence-electron chi connectivity index (χ4n) is 1.27. The molecule has 3 N–H and O–H groups in total. The third-order valence-corrected chi connectivity index (χ3v) is 2.17. The fraction of sp³-hybridized carbons (Fsp3) is 0. The molecule has 0 atom stereocenters. The van der Waals surface area contributed by atoms with Crippen molar-refractivity contribution >= 4 is 17.4 Å². The zero-order chi connectivity index (χ0) is 13.0. The lowest BCUT2D eigenvalue weighted by molar-refractivity contribution is 0.102. The second-order valence-electron chi connectivity index (χ2n) is 3.47. The van der Waals surface area contributed by atoms with Crippen LogP contribution in [0.4, 0.5) is 11.5 Å². The van der Waals surface area contributed by atoms with Crippen LogP contribution < -0.4 is 11.1 Å². The zero-order valence-electron chi connectivity index (χ0n) is 9.29. The van der Waals surface area contributed by atoms with Crippen LogP contribution in [0.25, 0.3) is 0 Å². The molecule has 0 aliphatic rings. The van der Waals surface area contributed by atoms with Gasteiger partial charge in [0.1, 0.15) is 17.6 Å². The van der Waals surface area contributed by atoms with Crippen LogP contribution in [0.5, 0.6) is 0 Å². The standard InChI is InChI=1S/C12H9N5O/c13-5-8-1-3-10(15-6-8)12(18)17-9-2-4-11(14)16-7-9/h1-4,6-7H,(H2,14,16)(H,17,18). The van der Waals surface area contributed by atoms with Gasteiger partial charge in [-0.05, 0) is 24.3 Å². The summed E-state index contributed by atoms with van der Waals surface area (Å²) in [6, 6.07) is 8.17. The predicted molar refractivity (Wildman–Crippen MR) is 65.6 cm³/mol. The first-order valence-corrected chi connectivity index (χ1v) is 5.08. The summed E-state index contributed by atoms with van der Waals surface area (Å²) in [6.45, 7) is 0. The van der Waals surface area contributed by atoms with Crippen molar-refractivity contribution < 1.29 is 4.79 Å². The maximum atomic E-state index is 11.8. The largest absolute Gasteiger partial charge is 0.384 e. The van der Waals surface area contributed by atoms with Gasteiger partial charge in [-0.25, -0.2) is 9.97 Å². The summed E-state index contributed by atoms with van der Waals surface area (Å²) in [7, 11) is 0. The van der Waals surface area contributed by atoms with Gasteiger partial charge in [0.2, 0.25) is 0 Å². The molecule has 0 radical (unpaired) electrons. The molecular formula is C12H9N5O. The zero-order valence-corrected chi connectivity index (χ0v) is 9.29. The number of rotatable bonds is 2. The van der Waals surface area contributed by atoms with Gasteiger partial charge >= 0.3 is 0 Å². The fourth-order valence-corrected chi connectivity index (χ4v) is 1.27. The Hall–Kier alpha value is -2.94. The van der Waals surface area contributed by atoms with Crippen LogP contribution in [-0.4, -0.2) is 15.9 Å². The van der Waals surface area contributed by atoms with Crippen molar-refractivity contribution in [2.45, 2.75) is 0 Å². The number of nitrogen functional groups attached to an aromatic ring is 1. The molecule has 1 amide bonds. The molecule has 2 aromatic rings. The van der Waals surface area contributed by atoms with E-state index in [-0.39, 0.29) is 11.6 Å². The van der Waals surface area contributed by atoms with E-state index < -0.39 is 0 Å². The number of nitriles is 1. The van der Waals surface area contributed by atoms with Crippen LogP contribution in [0.15, 0.2) is 36.7 Å². The van der Waals surface area contributed by atoms with E-state index in [0.717, 1.165) is 0 Å². The summed E-state index contributed by atoms with van der Waals surface area (Å²) in [5, 5.41) is 11.2. The third kappa shape index (κ3) is 2.59. The summed E-state index contributed by atoms with van der Waals surface area (Å²) in [4.78, 5) is 19.5. The van der Waals surface area contributed by atoms with Crippen LogP contribution in [0.1, 0.15) is 16.1 Å². The number of carbonyl (C=O) groups excluding carboxylic acids is 1. The predicted octanol–water partition coefficient (Wildman–Crippen LogP) is 1.18. The molecule has 0 fully saturated rings. The Balaban J connectivity index is 2.12. The number of hydrogen-bond donors (Lipinski definition) is 2. The molecule has 0 aliphatic heterocycles. The third-order valence-electron chi connectivity index (χ3n) is 2.17. The van der Waals surface area contributed by atoms with Crippen molar-refractivity contribution in [3.8, 4) is 6.07 Å². The summed E-state index contributed by atoms with van der Waals surface area (Å²) < 4.78 is 0. The number of pyridine rings is 2. The van der Waals surface area contributed by atoms with Crippen LogP contribution in [-0.2, 0) is 0 Å². The summed E-state index contributed by atoms with van der Waals surface area (Å²) in [5.41, 5.74) is 6.59. The molecule has 0 aromatic carbocycles. The van der Waals surface area contributed by atoms with Crippen LogP contribution in [0, 0.1) is 11.3 Å². The second kappa shape index (κ2) is 4.93. The van der Waals surface area contributed by atoms with Gasteiger partial charge in [-0.3, -0.25) is 4.79 Å². The van der Waals surface area contributed by atoms with E-state index in [1.54, 1.807) is 12.1 Å². The maximum absolute atomic E-state index is 11.8. The second-order valence-corrected chi connectivity index (χ2v) is 3.47. The molecule has 0 spiro atoms. The molecule has 0 saturated carbocycles. The quantitative estimate of drug-likeness (QED) is 0.818. The van der Waals surface area contributed by atoms with E-state index in [0.29, 0.717) is 17.1 Å². The van der Waals surface area contributed by atoms with Gasteiger partial charge in [0.15, 0.2) is 0 Å². The lowest BCUT2D eigenvalue weighted by Gasteiger charge is -2.04. The molecule has 0 aliphatic carbocycles. The topological polar surface area (TPSA) is 105 Å². The maximum Gasteiger partial charge on any atom is 0.274 e. The molecule has 2 rings (SSSR count). The van der Waals surface area contributed by atoms with Gasteiger partial charge in [-0.15, -0.1) is 0 Å². The molecule has 2 aromatic heterocycles. The van der Waals surface area contributed by atoms with Crippen LogP contribution >= 0.6 is 0 Å². The van der Waals surface area contributed by atoms with Crippen LogP contribution in [0.2, 0.25) is 0 Å². The molecule has 2 heterocycles. The molecule has 0 unspecified atom stereocenters. The van der Waals surface area contributed by atoms with Crippen molar-refractivity contribution in [3.05, 3.63) is 47.9 Å². The van der Waals surface area contributed by atoms with E-state index in [1.165, 1.54) is 24.5 Å². The minimum absolute atomic E-state index is 0.228. The molecular weight excluding hydrogens is 230 g/mol. The molecule has 6 nitrogen and oxygen atoms in total. The molecule has 6 heteroatoms. The average Bonchev–Trinajstić information content (AvgIpc) is 2.41. The smallest absolute Gasteiger partial charge is 0.274 e. The van der Waals surface area contributed by atoms with Crippen molar-refractivity contribution in [1.82, 2.24) is 9.97 Å². The Labute approximate surface area is 103 Å². The molecule has 18 heavy (non-hydrogen) atoms. The Morgan fingerprint density at radius 3 is 2.61 bits per heavy atom. The van der Waals surface area contributed by atoms with Crippen molar-refractivity contribution in [3.63, 3.8) is 0 Å². The lowest BCUT2D eigenvalue weighted by atomic mass is 10.2. The monoisotopic (exact) mass is 239 g/mol. The number of aromatic nitrogens is 2. The van der Waals surface area contributed by atoms with E-state index in [4.69, 9.17) is 11.0 Å². The van der Waals surface area contributed by atoms with Gasteiger partial charge in [-0.1, -0.05) is 0 Å². The highest BCUT2D eigenvalue weighted by atomic mass is 16.1. The van der Waals surface area contributed by atoms with Gasteiger partial charge in [0, 0.05) is 6.20 Å².